The molecular formula is C18H24N4O5S2. The van der Waals surface area contributed by atoms with Crippen molar-refractivity contribution in [2.45, 2.75) is 46.1 Å². The first-order valence-corrected chi connectivity index (χ1v) is 12.0. The normalized spacial score (nSPS) is 18.0. The van der Waals surface area contributed by atoms with Crippen molar-refractivity contribution in [1.29, 1.82) is 0 Å². The molecule has 1 unspecified atom stereocenters. The minimum absolute atomic E-state index is 0.0650. The lowest BCUT2D eigenvalue weighted by atomic mass is 10.1. The van der Waals surface area contributed by atoms with Gasteiger partial charge in [0, 0.05) is 16.6 Å². The van der Waals surface area contributed by atoms with Crippen LogP contribution in [0.4, 0.5) is 5.13 Å². The maximum absolute atomic E-state index is 12.5. The maximum Gasteiger partial charge on any atom is 0.311 e. The van der Waals surface area contributed by atoms with E-state index in [1.807, 2.05) is 13.8 Å². The predicted octanol–water partition coefficient (Wildman–Crippen LogP) is 1.60. The average Bonchev–Trinajstić information content (AvgIpc) is 3.29. The molecule has 1 amide bonds. The Hall–Kier alpha value is -2.27. The van der Waals surface area contributed by atoms with E-state index in [1.165, 1.54) is 11.3 Å². The number of hydrogen-bond donors (Lipinski definition) is 1. The van der Waals surface area contributed by atoms with Crippen molar-refractivity contribution in [1.82, 2.24) is 14.8 Å². The summed E-state index contributed by atoms with van der Waals surface area (Å²) in [5.74, 6) is -0.345. The van der Waals surface area contributed by atoms with Gasteiger partial charge in [0.2, 0.25) is 5.91 Å². The number of esters is 1. The third-order valence-electron chi connectivity index (χ3n) is 4.80. The molecule has 3 rings (SSSR count). The highest BCUT2D eigenvalue weighted by molar-refractivity contribution is 7.91. The summed E-state index contributed by atoms with van der Waals surface area (Å²) in [5.41, 5.74) is 2.85. The van der Waals surface area contributed by atoms with E-state index in [9.17, 15) is 18.0 Å². The van der Waals surface area contributed by atoms with E-state index in [2.05, 4.69) is 15.4 Å². The number of aromatic nitrogens is 3. The molecule has 0 spiro atoms. The van der Waals surface area contributed by atoms with E-state index < -0.39 is 9.84 Å². The highest BCUT2D eigenvalue weighted by atomic mass is 32.2. The number of rotatable bonds is 7. The fourth-order valence-electron chi connectivity index (χ4n) is 3.41. The molecule has 1 aliphatic heterocycles. The fourth-order valence-corrected chi connectivity index (χ4v) is 5.82. The van der Waals surface area contributed by atoms with Crippen LogP contribution in [0.2, 0.25) is 0 Å². The number of anilines is 1. The highest BCUT2D eigenvalue weighted by Gasteiger charge is 2.31. The minimum Gasteiger partial charge on any atom is -0.466 e. The van der Waals surface area contributed by atoms with Gasteiger partial charge in [0.05, 0.1) is 48.4 Å². The van der Waals surface area contributed by atoms with Crippen LogP contribution >= 0.6 is 11.3 Å². The van der Waals surface area contributed by atoms with Gasteiger partial charge in [-0.1, -0.05) is 0 Å². The van der Waals surface area contributed by atoms with Crippen molar-refractivity contribution in [2.24, 2.45) is 0 Å². The van der Waals surface area contributed by atoms with Gasteiger partial charge in [-0.15, -0.1) is 11.3 Å². The summed E-state index contributed by atoms with van der Waals surface area (Å²) in [7, 11) is -3.02. The number of ether oxygens (including phenoxy) is 1. The Morgan fingerprint density at radius 3 is 2.76 bits per heavy atom. The van der Waals surface area contributed by atoms with Gasteiger partial charge in [0.1, 0.15) is 0 Å². The van der Waals surface area contributed by atoms with E-state index in [4.69, 9.17) is 4.74 Å². The first-order valence-electron chi connectivity index (χ1n) is 9.33. The van der Waals surface area contributed by atoms with E-state index in [0.717, 1.165) is 11.3 Å². The lowest BCUT2D eigenvalue weighted by molar-refractivity contribution is -0.142. The second-order valence-electron chi connectivity index (χ2n) is 7.00. The molecule has 1 aliphatic rings. The van der Waals surface area contributed by atoms with Gasteiger partial charge in [-0.2, -0.15) is 5.10 Å². The van der Waals surface area contributed by atoms with Crippen LogP contribution < -0.4 is 5.32 Å². The van der Waals surface area contributed by atoms with Gasteiger partial charge in [-0.25, -0.2) is 13.4 Å². The standard InChI is InChI=1S/C18H24N4O5S2/c1-4-27-17(24)7-13-9-28-18(19-13)20-16(23)8-15-11(2)21-22(12(15)3)14-5-6-29(25,26)10-14/h9,14H,4-8,10H2,1-3H3,(H,19,20,23). The SMILES string of the molecule is CCOC(=O)Cc1csc(NC(=O)Cc2c(C)nn(C3CCS(=O)(=O)C3)c2C)n1. The molecule has 3 heterocycles. The van der Waals surface area contributed by atoms with E-state index in [0.29, 0.717) is 29.5 Å². The van der Waals surface area contributed by atoms with Crippen LogP contribution in [0.5, 0.6) is 0 Å². The van der Waals surface area contributed by atoms with Crippen LogP contribution in [0.25, 0.3) is 0 Å². The maximum atomic E-state index is 12.5. The summed E-state index contributed by atoms with van der Waals surface area (Å²) in [6, 6.07) is -0.181. The molecule has 2 aromatic rings. The summed E-state index contributed by atoms with van der Waals surface area (Å²) in [6.07, 6.45) is 0.720. The van der Waals surface area contributed by atoms with Crippen molar-refractivity contribution in [2.75, 3.05) is 23.4 Å². The van der Waals surface area contributed by atoms with E-state index in [-0.39, 0.29) is 42.3 Å². The minimum atomic E-state index is -3.02. The molecule has 1 atom stereocenters. The van der Waals surface area contributed by atoms with Gasteiger partial charge in [-0.3, -0.25) is 14.3 Å². The molecule has 9 nitrogen and oxygen atoms in total. The van der Waals surface area contributed by atoms with Crippen molar-refractivity contribution in [3.05, 3.63) is 28.0 Å². The smallest absolute Gasteiger partial charge is 0.311 e. The zero-order valence-electron chi connectivity index (χ0n) is 16.6. The second-order valence-corrected chi connectivity index (χ2v) is 10.1. The Morgan fingerprint density at radius 2 is 2.10 bits per heavy atom. The number of aryl methyl sites for hydroxylation is 1. The Morgan fingerprint density at radius 1 is 1.34 bits per heavy atom. The zero-order chi connectivity index (χ0) is 21.2. The number of nitrogens with zero attached hydrogens (tertiary/aromatic N) is 3. The van der Waals surface area contributed by atoms with Crippen LogP contribution in [-0.4, -0.2) is 53.2 Å². The number of nitrogens with one attached hydrogen (secondary N) is 1. The number of hydrogen-bond acceptors (Lipinski definition) is 8. The van der Waals surface area contributed by atoms with Gasteiger partial charge in [0.15, 0.2) is 15.0 Å². The molecule has 1 fully saturated rings. The van der Waals surface area contributed by atoms with Crippen LogP contribution in [0.3, 0.4) is 0 Å². The number of carbonyl (C=O) groups is 2. The Bertz CT molecular complexity index is 1030. The quantitative estimate of drug-likeness (QED) is 0.649. The first-order chi connectivity index (χ1) is 13.7. The predicted molar refractivity (Wildman–Crippen MR) is 109 cm³/mol. The van der Waals surface area contributed by atoms with Crippen molar-refractivity contribution >= 4 is 38.2 Å². The monoisotopic (exact) mass is 440 g/mol. The molecule has 0 radical (unpaired) electrons. The molecule has 158 valence electrons. The molecule has 1 saturated heterocycles. The van der Waals surface area contributed by atoms with Crippen molar-refractivity contribution in [3.8, 4) is 0 Å². The molecule has 0 aromatic carbocycles. The lowest BCUT2D eigenvalue weighted by Gasteiger charge is -2.11. The number of thiazole rings is 1. The third-order valence-corrected chi connectivity index (χ3v) is 7.35. The van der Waals surface area contributed by atoms with Crippen molar-refractivity contribution < 1.29 is 22.7 Å². The molecule has 1 N–H and O–H groups in total. The van der Waals surface area contributed by atoms with Crippen LogP contribution in [0, 0.1) is 13.8 Å². The fraction of sp³-hybridized carbons (Fsp3) is 0.556. The van der Waals surface area contributed by atoms with Gasteiger partial charge in [0.25, 0.3) is 0 Å². The van der Waals surface area contributed by atoms with E-state index in [1.54, 1.807) is 17.0 Å². The molecule has 2 aromatic heterocycles. The number of amides is 1. The average molecular weight is 441 g/mol. The summed E-state index contributed by atoms with van der Waals surface area (Å²) in [5, 5.41) is 9.35. The summed E-state index contributed by atoms with van der Waals surface area (Å²) >= 11 is 1.24. The van der Waals surface area contributed by atoms with Gasteiger partial charge in [-0.05, 0) is 27.2 Å². The molecule has 0 saturated carbocycles. The largest absolute Gasteiger partial charge is 0.466 e. The topological polar surface area (TPSA) is 120 Å². The van der Waals surface area contributed by atoms with Crippen molar-refractivity contribution in [3.63, 3.8) is 0 Å². The third kappa shape index (κ3) is 5.21. The van der Waals surface area contributed by atoms with Gasteiger partial charge >= 0.3 is 5.97 Å². The van der Waals surface area contributed by atoms with Crippen LogP contribution in [0.1, 0.15) is 42.0 Å². The van der Waals surface area contributed by atoms with Crippen LogP contribution in [0.15, 0.2) is 5.38 Å². The molecule has 0 bridgehead atoms. The molecule has 11 heteroatoms. The number of sulfone groups is 1. The summed E-state index contributed by atoms with van der Waals surface area (Å²) in [4.78, 5) is 28.2. The van der Waals surface area contributed by atoms with Crippen LogP contribution in [-0.2, 0) is 37.0 Å². The first kappa shape index (κ1) is 21.4. The summed E-state index contributed by atoms with van der Waals surface area (Å²) in [6.45, 7) is 5.72. The Labute approximate surface area is 173 Å². The molecule has 29 heavy (non-hydrogen) atoms. The zero-order valence-corrected chi connectivity index (χ0v) is 18.2. The molecule has 0 aliphatic carbocycles. The van der Waals surface area contributed by atoms with Gasteiger partial charge < -0.3 is 10.1 Å². The Kier molecular flexibility index (Phi) is 6.37. The van der Waals surface area contributed by atoms with E-state index >= 15 is 0 Å². The highest BCUT2D eigenvalue weighted by Crippen LogP contribution is 2.27. The Balaban J connectivity index is 1.64. The summed E-state index contributed by atoms with van der Waals surface area (Å²) < 4.78 is 30.2. The number of carbonyl (C=O) groups excluding carboxylic acids is 2. The lowest BCUT2D eigenvalue weighted by Crippen LogP contribution is -2.16. The second kappa shape index (κ2) is 8.62. The molecular weight excluding hydrogens is 416 g/mol.